The number of rotatable bonds is 16. The quantitative estimate of drug-likeness (QED) is 0.0827. The number of carboxylic acid groups (broad SMARTS) is 1. The van der Waals surface area contributed by atoms with Crippen molar-refractivity contribution in [1.29, 1.82) is 0 Å². The van der Waals surface area contributed by atoms with Gasteiger partial charge in [-0.3, -0.25) is 4.79 Å². The van der Waals surface area contributed by atoms with Crippen molar-refractivity contribution < 1.29 is 63.3 Å². The summed E-state index contributed by atoms with van der Waals surface area (Å²) in [5, 5.41) is 22.8. The van der Waals surface area contributed by atoms with Crippen molar-refractivity contribution in [3.05, 3.63) is 170 Å². The first-order valence-corrected chi connectivity index (χ1v) is 24.1. The second-order valence-corrected chi connectivity index (χ2v) is 19.7. The molecule has 9 nitrogen and oxygen atoms in total. The van der Waals surface area contributed by atoms with Gasteiger partial charge in [0, 0.05) is 61.6 Å². The van der Waals surface area contributed by atoms with Crippen LogP contribution in [0.3, 0.4) is 0 Å². The van der Waals surface area contributed by atoms with Crippen LogP contribution in [0.5, 0.6) is 0 Å². The number of nitrogens with zero attached hydrogens (tertiary/aromatic N) is 2. The summed E-state index contributed by atoms with van der Waals surface area (Å²) in [6.07, 6.45) is -7.62. The Hall–Kier alpha value is -5.95. The van der Waals surface area contributed by atoms with Gasteiger partial charge in [-0.15, -0.1) is 0 Å². The van der Waals surface area contributed by atoms with Crippen LogP contribution in [0.1, 0.15) is 78.8 Å². The Labute approximate surface area is 406 Å². The monoisotopic (exact) mass is 1040 g/mol. The molecule has 1 aliphatic rings. The number of aromatic nitrogens is 2. The van der Waals surface area contributed by atoms with Crippen LogP contribution in [0.2, 0.25) is 10.0 Å². The minimum atomic E-state index is -4.63. The van der Waals surface area contributed by atoms with Crippen LogP contribution in [0.15, 0.2) is 114 Å². The summed E-state index contributed by atoms with van der Waals surface area (Å²) in [5.41, 5.74) is 1.06. The SMILES string of the molecule is O=C(N[C@@H](CO)c1ccc(S(=O)(=O)CC2CC2)cc1)c1ccc2c(c1)cc(Cc1ccc(Cl)cc1C(F)(F)F)n2CCF.O=C(O)c1ccc2c(c1)cc(Cc1ccc(Cl)cc1C(F)(F)F)n2CCF. The normalized spacial score (nSPS) is 13.6. The van der Waals surface area contributed by atoms with Crippen LogP contribution < -0.4 is 5.32 Å². The molecule has 0 bridgehead atoms. The second-order valence-electron chi connectivity index (χ2n) is 16.8. The maximum absolute atomic E-state index is 13.7. The molecule has 0 unspecified atom stereocenters. The smallest absolute Gasteiger partial charge is 0.416 e. The average Bonchev–Trinajstić information content (AvgIpc) is 3.96. The Balaban J connectivity index is 0.000000229. The van der Waals surface area contributed by atoms with E-state index in [1.165, 1.54) is 60.7 Å². The zero-order chi connectivity index (χ0) is 50.7. The average molecular weight is 1040 g/mol. The third-order valence-corrected chi connectivity index (χ3v) is 14.2. The van der Waals surface area contributed by atoms with Crippen LogP contribution in [-0.2, 0) is 48.1 Å². The van der Waals surface area contributed by atoms with E-state index in [1.54, 1.807) is 45.5 Å². The number of carboxylic acids is 1. The molecule has 1 aliphatic carbocycles. The standard InChI is InChI=1S/C31H29ClF4N2O4S.C19H14ClF4NO2/c32-24-7-3-21(27(16-24)31(34,35)36)14-25-15-23-13-22(6-10-29(23)38(25)12-11-33)30(40)37-28(17-39)20-4-8-26(9-5-20)43(41,42)18-19-1-2-19;20-14-3-1-11(16(10-14)19(22,23)24)8-15-9-13-7-12(18(26)27)2-4-17(13)25(15)6-5-21/h3-10,13,15-16,19,28,39H,1-2,11-12,14,17-18H2,(H,37,40);1-4,7,9-10H,5-6,8H2,(H,26,27)/t28-;/m0./s1. The van der Waals surface area contributed by atoms with Crippen molar-refractivity contribution in [2.24, 2.45) is 5.92 Å². The molecule has 370 valence electrons. The highest BCUT2D eigenvalue weighted by atomic mass is 35.5. The Morgan fingerprint density at radius 2 is 1.14 bits per heavy atom. The van der Waals surface area contributed by atoms with Gasteiger partial charge in [0.25, 0.3) is 5.91 Å². The van der Waals surface area contributed by atoms with Crippen molar-refractivity contribution >= 4 is 66.7 Å². The van der Waals surface area contributed by atoms with Gasteiger partial charge in [0.2, 0.25) is 0 Å². The molecule has 2 heterocycles. The van der Waals surface area contributed by atoms with Crippen LogP contribution >= 0.6 is 23.2 Å². The number of aromatic carboxylic acids is 1. The number of aryl methyl sites for hydroxylation is 2. The molecule has 0 radical (unpaired) electrons. The second kappa shape index (κ2) is 21.2. The van der Waals surface area contributed by atoms with E-state index >= 15 is 0 Å². The van der Waals surface area contributed by atoms with Crippen LogP contribution in [-0.4, -0.2) is 65.4 Å². The first-order chi connectivity index (χ1) is 33.1. The summed E-state index contributed by atoms with van der Waals surface area (Å²) < 4.78 is 136. The van der Waals surface area contributed by atoms with Crippen molar-refractivity contribution in [2.75, 3.05) is 25.7 Å². The number of amides is 1. The van der Waals surface area contributed by atoms with Gasteiger partial charge in [-0.05, 0) is 120 Å². The lowest BCUT2D eigenvalue weighted by Gasteiger charge is -2.17. The number of benzene rings is 5. The lowest BCUT2D eigenvalue weighted by molar-refractivity contribution is -0.139. The summed E-state index contributed by atoms with van der Waals surface area (Å²) >= 11 is 11.5. The van der Waals surface area contributed by atoms with Gasteiger partial charge in [-0.25, -0.2) is 22.0 Å². The maximum Gasteiger partial charge on any atom is 0.416 e. The van der Waals surface area contributed by atoms with Crippen LogP contribution in [0, 0.1) is 5.92 Å². The van der Waals surface area contributed by atoms with E-state index in [9.17, 15) is 58.2 Å². The lowest BCUT2D eigenvalue weighted by Crippen LogP contribution is -2.30. The number of carbonyl (C=O) groups excluding carboxylic acids is 1. The highest BCUT2D eigenvalue weighted by Gasteiger charge is 2.35. The number of sulfone groups is 1. The predicted molar refractivity (Wildman–Crippen MR) is 250 cm³/mol. The Bertz CT molecular complexity index is 3170. The van der Waals surface area contributed by atoms with Gasteiger partial charge in [0.15, 0.2) is 9.84 Å². The highest BCUT2D eigenvalue weighted by Crippen LogP contribution is 2.38. The first-order valence-electron chi connectivity index (χ1n) is 21.7. The van der Waals surface area contributed by atoms with Crippen molar-refractivity contribution in [1.82, 2.24) is 14.5 Å². The van der Waals surface area contributed by atoms with Gasteiger partial charge in [0.1, 0.15) is 13.3 Å². The maximum atomic E-state index is 13.7. The summed E-state index contributed by atoms with van der Waals surface area (Å²) in [7, 11) is -3.41. The number of fused-ring (bicyclic) bond motifs is 2. The van der Waals surface area contributed by atoms with Crippen molar-refractivity contribution in [2.45, 2.75) is 62.1 Å². The number of nitrogens with one attached hydrogen (secondary N) is 1. The number of alkyl halides is 8. The molecule has 1 atom stereocenters. The molecule has 2 aromatic heterocycles. The number of halogens is 10. The fraction of sp³-hybridized carbons (Fsp3) is 0.280. The molecule has 5 aromatic carbocycles. The third kappa shape index (κ3) is 12.1. The number of aliphatic hydroxyl groups excluding tert-OH is 1. The molecule has 3 N–H and O–H groups in total. The zero-order valence-corrected chi connectivity index (χ0v) is 39.1. The Kier molecular flexibility index (Phi) is 15.7. The minimum Gasteiger partial charge on any atom is -0.478 e. The molecule has 1 fully saturated rings. The van der Waals surface area contributed by atoms with Gasteiger partial charge in [0.05, 0.1) is 53.1 Å². The topological polar surface area (TPSA) is 131 Å². The van der Waals surface area contributed by atoms with Crippen LogP contribution in [0.4, 0.5) is 35.1 Å². The fourth-order valence-electron chi connectivity index (χ4n) is 8.32. The molecule has 8 rings (SSSR count). The molecule has 0 spiro atoms. The molecule has 0 aliphatic heterocycles. The number of hydrogen-bond acceptors (Lipinski definition) is 5. The number of hydrogen-bond donors (Lipinski definition) is 3. The van der Waals surface area contributed by atoms with Gasteiger partial charge in [-0.2, -0.15) is 26.3 Å². The van der Waals surface area contributed by atoms with E-state index < -0.39 is 71.2 Å². The highest BCUT2D eigenvalue weighted by molar-refractivity contribution is 7.91. The fourth-order valence-corrected chi connectivity index (χ4v) is 10.4. The summed E-state index contributed by atoms with van der Waals surface area (Å²) in [6, 6.07) is 24.5. The molecular formula is C50H43Cl2F8N3O6S. The predicted octanol–water partition coefficient (Wildman–Crippen LogP) is 12.1. The molecule has 7 aromatic rings. The molecule has 0 saturated heterocycles. The largest absolute Gasteiger partial charge is 0.478 e. The van der Waals surface area contributed by atoms with E-state index in [0.29, 0.717) is 38.8 Å². The van der Waals surface area contributed by atoms with Gasteiger partial charge in [-0.1, -0.05) is 47.5 Å². The summed E-state index contributed by atoms with van der Waals surface area (Å²) in [5.74, 6) is -1.34. The van der Waals surface area contributed by atoms with E-state index in [2.05, 4.69) is 5.32 Å². The molecule has 70 heavy (non-hydrogen) atoms. The first kappa shape index (κ1) is 51.9. The number of aliphatic hydroxyl groups is 1. The Morgan fingerprint density at radius 1 is 0.671 bits per heavy atom. The van der Waals surface area contributed by atoms with E-state index in [0.717, 1.165) is 25.0 Å². The minimum absolute atomic E-state index is 0.00766. The molecular weight excluding hydrogens is 994 g/mol. The lowest BCUT2D eigenvalue weighted by atomic mass is 10.0. The van der Waals surface area contributed by atoms with E-state index in [1.807, 2.05) is 0 Å². The van der Waals surface area contributed by atoms with Crippen LogP contribution in [0.25, 0.3) is 21.8 Å². The van der Waals surface area contributed by atoms with Crippen molar-refractivity contribution in [3.63, 3.8) is 0 Å². The summed E-state index contributed by atoms with van der Waals surface area (Å²) in [4.78, 5) is 24.5. The third-order valence-electron chi connectivity index (χ3n) is 11.9. The Morgan fingerprint density at radius 3 is 1.57 bits per heavy atom. The molecule has 20 heteroatoms. The van der Waals surface area contributed by atoms with E-state index in [-0.39, 0.29) is 74.8 Å². The van der Waals surface area contributed by atoms with Gasteiger partial charge >= 0.3 is 18.3 Å². The molecule has 1 saturated carbocycles. The van der Waals surface area contributed by atoms with Gasteiger partial charge < -0.3 is 24.7 Å². The number of carbonyl (C=O) groups is 2. The summed E-state index contributed by atoms with van der Waals surface area (Å²) in [6.45, 7) is -2.02. The zero-order valence-electron chi connectivity index (χ0n) is 36.7. The van der Waals surface area contributed by atoms with E-state index in [4.69, 9.17) is 28.3 Å². The van der Waals surface area contributed by atoms with Crippen molar-refractivity contribution in [3.8, 4) is 0 Å². The molecule has 1 amide bonds.